The predicted molar refractivity (Wildman–Crippen MR) is 352 cm³/mol. The second-order valence-electron chi connectivity index (χ2n) is 24.2. The lowest BCUT2D eigenvalue weighted by atomic mass is 10.0. The van der Waals surface area contributed by atoms with Crippen LogP contribution in [0.5, 0.6) is 0 Å². The number of carbonyl (C=O) groups is 2. The first-order chi connectivity index (χ1) is 39.5. The van der Waals surface area contributed by atoms with E-state index in [2.05, 4.69) is 67.8 Å². The molecule has 0 bridgehead atoms. The van der Waals surface area contributed by atoms with E-state index in [4.69, 9.17) is 4.74 Å². The number of aliphatic hydroxyl groups excluding tert-OH is 2. The summed E-state index contributed by atoms with van der Waals surface area (Å²) < 4.78 is 5.50. The fourth-order valence-corrected chi connectivity index (χ4v) is 10.8. The van der Waals surface area contributed by atoms with Crippen LogP contribution in [0.3, 0.4) is 0 Å². The number of ether oxygens (including phenoxy) is 1. The first kappa shape index (κ1) is 77.6. The van der Waals surface area contributed by atoms with Crippen molar-refractivity contribution >= 4 is 11.9 Å². The lowest BCUT2D eigenvalue weighted by Crippen LogP contribution is -2.45. The lowest BCUT2D eigenvalue weighted by molar-refractivity contribution is -0.143. The molecule has 0 aromatic carbocycles. The molecule has 0 radical (unpaired) electrons. The molecule has 0 saturated carbocycles. The van der Waals surface area contributed by atoms with Crippen LogP contribution >= 0.6 is 0 Å². The highest BCUT2D eigenvalue weighted by Crippen LogP contribution is 2.18. The van der Waals surface area contributed by atoms with Crippen molar-refractivity contribution in [3.63, 3.8) is 0 Å². The summed E-state index contributed by atoms with van der Waals surface area (Å²) >= 11 is 0. The van der Waals surface area contributed by atoms with Gasteiger partial charge in [-0.1, -0.05) is 325 Å². The molecule has 2 atom stereocenters. The molecular weight excluding hydrogens is 983 g/mol. The van der Waals surface area contributed by atoms with Crippen molar-refractivity contribution in [3.05, 3.63) is 60.8 Å². The minimum Gasteiger partial charge on any atom is -0.466 e. The lowest BCUT2D eigenvalue weighted by Gasteiger charge is -2.20. The van der Waals surface area contributed by atoms with E-state index in [0.717, 1.165) is 57.8 Å². The normalized spacial score (nSPS) is 12.9. The SMILES string of the molecule is CCCCCC/C=C\C/C=C\CCCCCCCCCC(=O)OCCCCCCCCCCC/C=C\C/C=C\CCCCCCCCCCCCCC(=O)NC(CO)C(O)/C=C/CCCCCCCCCCCCCCCCCC. The van der Waals surface area contributed by atoms with Crippen molar-refractivity contribution in [3.8, 4) is 0 Å². The third kappa shape index (κ3) is 64.7. The molecule has 0 aliphatic rings. The summed E-state index contributed by atoms with van der Waals surface area (Å²) in [6.45, 7) is 4.90. The van der Waals surface area contributed by atoms with E-state index in [0.29, 0.717) is 19.4 Å². The van der Waals surface area contributed by atoms with E-state index in [1.54, 1.807) is 6.08 Å². The number of nitrogens with one attached hydrogen (secondary N) is 1. The Kier molecular flexibility index (Phi) is 66.9. The molecule has 0 aliphatic carbocycles. The fourth-order valence-electron chi connectivity index (χ4n) is 10.8. The standard InChI is InChI=1S/C74H137NO5/c1-3-5-7-9-11-13-15-17-19-21-34-38-42-46-50-54-58-62-66-72(77)71(70-76)75-73(78)67-63-59-55-51-47-43-39-35-32-30-28-26-24-23-25-27-29-31-33-37-41-45-49-53-57-61-65-69-80-74(79)68-64-60-56-52-48-44-40-36-22-20-18-16-14-12-10-8-6-4-2/h14,16,20,22-24,27,29,62,66,71-72,76-77H,3-13,15,17-19,21,25-26,28,30-61,63-65,67-70H2,1-2H3,(H,75,78)/b16-14-,22-20-,24-23-,29-27-,66-62+. The van der Waals surface area contributed by atoms with Gasteiger partial charge in [0.25, 0.3) is 0 Å². The van der Waals surface area contributed by atoms with Crippen molar-refractivity contribution in [2.75, 3.05) is 13.2 Å². The summed E-state index contributed by atoms with van der Waals surface area (Å²) in [5.74, 6) is -0.0664. The van der Waals surface area contributed by atoms with Gasteiger partial charge in [-0.2, -0.15) is 0 Å². The number of allylic oxidation sites excluding steroid dienone is 9. The summed E-state index contributed by atoms with van der Waals surface area (Å²) in [7, 11) is 0. The third-order valence-electron chi connectivity index (χ3n) is 16.3. The fraction of sp³-hybridized carbons (Fsp3) is 0.838. The van der Waals surface area contributed by atoms with Crippen molar-refractivity contribution in [2.45, 2.75) is 386 Å². The van der Waals surface area contributed by atoms with Crippen LogP contribution in [0.2, 0.25) is 0 Å². The van der Waals surface area contributed by atoms with Gasteiger partial charge in [0.15, 0.2) is 0 Å². The molecule has 0 fully saturated rings. The Labute approximate surface area is 499 Å². The highest BCUT2D eigenvalue weighted by molar-refractivity contribution is 5.76. The highest BCUT2D eigenvalue weighted by atomic mass is 16.5. The van der Waals surface area contributed by atoms with E-state index >= 15 is 0 Å². The molecule has 0 aromatic heterocycles. The van der Waals surface area contributed by atoms with Gasteiger partial charge in [0.05, 0.1) is 25.4 Å². The first-order valence-electron chi connectivity index (χ1n) is 35.6. The smallest absolute Gasteiger partial charge is 0.305 e. The first-order valence-corrected chi connectivity index (χ1v) is 35.6. The maximum Gasteiger partial charge on any atom is 0.305 e. The van der Waals surface area contributed by atoms with Crippen molar-refractivity contribution in [1.82, 2.24) is 5.32 Å². The largest absolute Gasteiger partial charge is 0.466 e. The van der Waals surface area contributed by atoms with E-state index in [-0.39, 0.29) is 18.5 Å². The van der Waals surface area contributed by atoms with Gasteiger partial charge in [-0.3, -0.25) is 9.59 Å². The van der Waals surface area contributed by atoms with Crippen LogP contribution in [0.4, 0.5) is 0 Å². The molecule has 6 nitrogen and oxygen atoms in total. The Hall–Kier alpha value is -2.44. The summed E-state index contributed by atoms with van der Waals surface area (Å²) in [6.07, 6.45) is 91.5. The molecule has 0 aromatic rings. The monoisotopic (exact) mass is 1120 g/mol. The van der Waals surface area contributed by atoms with Crippen LogP contribution in [0.15, 0.2) is 60.8 Å². The molecule has 0 rings (SSSR count). The molecule has 2 unspecified atom stereocenters. The van der Waals surface area contributed by atoms with E-state index in [1.165, 1.54) is 289 Å². The zero-order valence-corrected chi connectivity index (χ0v) is 53.6. The molecule has 80 heavy (non-hydrogen) atoms. The maximum absolute atomic E-state index is 12.5. The molecule has 6 heteroatoms. The number of rotatable bonds is 66. The number of esters is 1. The summed E-state index contributed by atoms with van der Waals surface area (Å²) in [4.78, 5) is 24.6. The minimum atomic E-state index is -0.848. The van der Waals surface area contributed by atoms with Crippen LogP contribution < -0.4 is 5.32 Å². The van der Waals surface area contributed by atoms with Gasteiger partial charge in [0.1, 0.15) is 0 Å². The van der Waals surface area contributed by atoms with Gasteiger partial charge in [0, 0.05) is 12.8 Å². The number of carbonyl (C=O) groups excluding carboxylic acids is 2. The van der Waals surface area contributed by atoms with Gasteiger partial charge >= 0.3 is 5.97 Å². The van der Waals surface area contributed by atoms with Gasteiger partial charge in [0.2, 0.25) is 5.91 Å². The number of hydrogen-bond acceptors (Lipinski definition) is 5. The quantitative estimate of drug-likeness (QED) is 0.0320. The molecule has 0 aliphatic heterocycles. The Balaban J connectivity index is 3.44. The van der Waals surface area contributed by atoms with E-state index in [1.807, 2.05) is 6.08 Å². The van der Waals surface area contributed by atoms with Crippen molar-refractivity contribution in [2.24, 2.45) is 0 Å². The number of unbranched alkanes of at least 4 members (excludes halogenated alkanes) is 47. The molecule has 0 spiro atoms. The van der Waals surface area contributed by atoms with Crippen LogP contribution in [-0.4, -0.2) is 47.4 Å². The van der Waals surface area contributed by atoms with Crippen LogP contribution in [0.1, 0.15) is 373 Å². The maximum atomic E-state index is 12.5. The average Bonchev–Trinajstić information content (AvgIpc) is 3.46. The van der Waals surface area contributed by atoms with Gasteiger partial charge in [-0.15, -0.1) is 0 Å². The zero-order chi connectivity index (χ0) is 57.8. The summed E-state index contributed by atoms with van der Waals surface area (Å²) in [6, 6.07) is -0.632. The molecule has 1 amide bonds. The third-order valence-corrected chi connectivity index (χ3v) is 16.3. The Morgan fingerprint density at radius 3 is 0.963 bits per heavy atom. The second kappa shape index (κ2) is 69.1. The Bertz CT molecular complexity index is 1380. The Morgan fingerprint density at radius 1 is 0.350 bits per heavy atom. The molecular formula is C74H137NO5. The average molecular weight is 1120 g/mol. The molecule has 3 N–H and O–H groups in total. The molecule has 468 valence electrons. The number of amides is 1. The van der Waals surface area contributed by atoms with Gasteiger partial charge in [-0.25, -0.2) is 0 Å². The van der Waals surface area contributed by atoms with Crippen LogP contribution in [0, 0.1) is 0 Å². The van der Waals surface area contributed by atoms with Crippen molar-refractivity contribution in [1.29, 1.82) is 0 Å². The van der Waals surface area contributed by atoms with Gasteiger partial charge < -0.3 is 20.3 Å². The Morgan fingerprint density at radius 2 is 0.625 bits per heavy atom. The zero-order valence-electron chi connectivity index (χ0n) is 53.6. The number of hydrogen-bond donors (Lipinski definition) is 3. The molecule has 0 heterocycles. The van der Waals surface area contributed by atoms with Crippen LogP contribution in [0.25, 0.3) is 0 Å². The van der Waals surface area contributed by atoms with Crippen molar-refractivity contribution < 1.29 is 24.5 Å². The summed E-state index contributed by atoms with van der Waals surface area (Å²) in [5.41, 5.74) is 0. The molecule has 0 saturated heterocycles. The predicted octanol–water partition coefficient (Wildman–Crippen LogP) is 23.0. The minimum absolute atomic E-state index is 0.00283. The second-order valence-corrected chi connectivity index (χ2v) is 24.2. The highest BCUT2D eigenvalue weighted by Gasteiger charge is 2.18. The number of aliphatic hydroxyl groups is 2. The van der Waals surface area contributed by atoms with E-state index in [9.17, 15) is 19.8 Å². The topological polar surface area (TPSA) is 95.9 Å². The van der Waals surface area contributed by atoms with Crippen LogP contribution in [-0.2, 0) is 14.3 Å². The van der Waals surface area contributed by atoms with Gasteiger partial charge in [-0.05, 0) is 96.3 Å². The van der Waals surface area contributed by atoms with E-state index < -0.39 is 12.1 Å². The summed E-state index contributed by atoms with van der Waals surface area (Å²) in [5, 5.41) is 23.2.